The molecule has 0 aliphatic rings. The van der Waals surface area contributed by atoms with Gasteiger partial charge < -0.3 is 11.5 Å². The number of hydrogen-bond donors (Lipinski definition) is 6. The fraction of sp³-hybridized carbons (Fsp3) is 0.593. The highest BCUT2D eigenvalue weighted by atomic mass is 16.5. The molecule has 36 heavy (non-hydrogen) atoms. The standard InChI is InChI=1S/C27H45N5O4/c1-18(2)16-21(25(34)31-30)23(26(35)32-36)27(17-19(3)4,14-13-20-10-6-5-7-11-20)24(33)22(29)12-8-9-15-28/h5-7,10-11,13-14,18-19,21-23,36H,8-9,12,15-17,28-30H2,1-4H3,(H,31,34)(H,32,35)/b14-13+/t21-,22+,23-,27?/m1/s1. The molecule has 9 nitrogen and oxygen atoms in total. The molecular formula is C27H45N5O4. The van der Waals surface area contributed by atoms with Gasteiger partial charge in [-0.1, -0.05) is 76.6 Å². The van der Waals surface area contributed by atoms with Crippen molar-refractivity contribution in [3.8, 4) is 0 Å². The Labute approximate surface area is 215 Å². The summed E-state index contributed by atoms with van der Waals surface area (Å²) < 4.78 is 0. The van der Waals surface area contributed by atoms with E-state index in [-0.39, 0.29) is 30.5 Å². The second-order valence-corrected chi connectivity index (χ2v) is 10.3. The van der Waals surface area contributed by atoms with Crippen LogP contribution < -0.4 is 28.2 Å². The molecule has 1 aromatic carbocycles. The number of nitrogens with two attached hydrogens (primary N) is 3. The molecule has 0 spiro atoms. The number of ketones is 1. The quantitative estimate of drug-likeness (QED) is 0.0660. The minimum atomic E-state index is -1.48. The van der Waals surface area contributed by atoms with Gasteiger partial charge in [0.15, 0.2) is 5.78 Å². The minimum Gasteiger partial charge on any atom is -0.330 e. The zero-order valence-electron chi connectivity index (χ0n) is 22.1. The Balaban J connectivity index is 3.88. The van der Waals surface area contributed by atoms with Gasteiger partial charge in [-0.3, -0.25) is 25.0 Å². The molecular weight excluding hydrogens is 458 g/mol. The van der Waals surface area contributed by atoms with Crippen LogP contribution in [0.4, 0.5) is 0 Å². The highest BCUT2D eigenvalue weighted by Gasteiger charge is 2.53. The fourth-order valence-electron chi connectivity index (χ4n) is 4.96. The van der Waals surface area contributed by atoms with Gasteiger partial charge in [0.1, 0.15) is 0 Å². The molecule has 1 rings (SSSR count). The molecule has 1 unspecified atom stereocenters. The largest absolute Gasteiger partial charge is 0.330 e. The number of nitrogens with one attached hydrogen (secondary N) is 2. The van der Waals surface area contributed by atoms with Crippen LogP contribution in [0.2, 0.25) is 0 Å². The number of unbranched alkanes of at least 4 members (excludes halogenated alkanes) is 1. The van der Waals surface area contributed by atoms with Crippen molar-refractivity contribution in [1.82, 2.24) is 10.9 Å². The summed E-state index contributed by atoms with van der Waals surface area (Å²) in [6.07, 6.45) is 5.74. The molecule has 0 fully saturated rings. The van der Waals surface area contributed by atoms with Crippen LogP contribution >= 0.6 is 0 Å². The maximum atomic E-state index is 14.2. The van der Waals surface area contributed by atoms with Crippen molar-refractivity contribution in [3.05, 3.63) is 42.0 Å². The lowest BCUT2D eigenvalue weighted by Crippen LogP contribution is -2.56. The second kappa shape index (κ2) is 15.5. The van der Waals surface area contributed by atoms with Gasteiger partial charge in [-0.25, -0.2) is 11.3 Å². The molecule has 0 bridgehead atoms. The van der Waals surface area contributed by atoms with E-state index in [1.54, 1.807) is 17.6 Å². The molecule has 9 heteroatoms. The third kappa shape index (κ3) is 8.81. The van der Waals surface area contributed by atoms with Crippen LogP contribution in [0.1, 0.15) is 65.4 Å². The Morgan fingerprint density at radius 3 is 2.17 bits per heavy atom. The first-order chi connectivity index (χ1) is 17.0. The number of hydrazine groups is 1. The zero-order valence-corrected chi connectivity index (χ0v) is 22.1. The lowest BCUT2D eigenvalue weighted by atomic mass is 9.59. The van der Waals surface area contributed by atoms with Gasteiger partial charge in [0.05, 0.1) is 23.3 Å². The molecule has 0 heterocycles. The van der Waals surface area contributed by atoms with E-state index in [0.717, 1.165) is 5.56 Å². The van der Waals surface area contributed by atoms with E-state index in [1.807, 2.05) is 58.0 Å². The number of allylic oxidation sites excluding steroid dienone is 1. The zero-order chi connectivity index (χ0) is 27.3. The first kappa shape index (κ1) is 31.4. The molecule has 202 valence electrons. The normalized spacial score (nSPS) is 15.9. The maximum Gasteiger partial charge on any atom is 0.248 e. The van der Waals surface area contributed by atoms with E-state index in [0.29, 0.717) is 25.8 Å². The molecule has 0 saturated heterocycles. The van der Waals surface area contributed by atoms with Gasteiger partial charge in [0.25, 0.3) is 0 Å². The Kier molecular flexibility index (Phi) is 13.5. The third-order valence-corrected chi connectivity index (χ3v) is 6.44. The molecule has 9 N–H and O–H groups in total. The van der Waals surface area contributed by atoms with E-state index in [9.17, 15) is 19.6 Å². The number of benzene rings is 1. The van der Waals surface area contributed by atoms with Crippen LogP contribution in [0.25, 0.3) is 6.08 Å². The topological polar surface area (TPSA) is 174 Å². The number of amides is 2. The van der Waals surface area contributed by atoms with Gasteiger partial charge in [0, 0.05) is 0 Å². The number of carbonyl (C=O) groups excluding carboxylic acids is 3. The van der Waals surface area contributed by atoms with Crippen molar-refractivity contribution in [1.29, 1.82) is 0 Å². The number of rotatable bonds is 16. The van der Waals surface area contributed by atoms with Crippen molar-refractivity contribution < 1.29 is 19.6 Å². The van der Waals surface area contributed by atoms with E-state index in [4.69, 9.17) is 17.3 Å². The third-order valence-electron chi connectivity index (χ3n) is 6.44. The molecule has 0 aromatic heterocycles. The SMILES string of the molecule is CC(C)C[C@@H](C(=O)NN)[C@H](C(=O)NO)C(/C=C/c1ccccc1)(CC(C)C)C(=O)[C@@H](N)CCCCN. The van der Waals surface area contributed by atoms with Crippen LogP contribution in [-0.2, 0) is 14.4 Å². The number of carbonyl (C=O) groups is 3. The molecule has 4 atom stereocenters. The molecule has 1 aromatic rings. The van der Waals surface area contributed by atoms with Gasteiger partial charge in [-0.2, -0.15) is 0 Å². The predicted molar refractivity (Wildman–Crippen MR) is 142 cm³/mol. The Morgan fingerprint density at radius 1 is 1.03 bits per heavy atom. The molecule has 2 amide bonds. The maximum absolute atomic E-state index is 14.2. The average Bonchev–Trinajstić information content (AvgIpc) is 2.85. The van der Waals surface area contributed by atoms with Gasteiger partial charge >= 0.3 is 0 Å². The highest BCUT2D eigenvalue weighted by molar-refractivity contribution is 5.99. The average molecular weight is 504 g/mol. The summed E-state index contributed by atoms with van der Waals surface area (Å²) in [7, 11) is 0. The fourth-order valence-corrected chi connectivity index (χ4v) is 4.96. The predicted octanol–water partition coefficient (Wildman–Crippen LogP) is 2.53. The first-order valence-corrected chi connectivity index (χ1v) is 12.7. The van der Waals surface area contributed by atoms with Crippen LogP contribution in [0, 0.1) is 29.1 Å². The van der Waals surface area contributed by atoms with E-state index >= 15 is 0 Å². The van der Waals surface area contributed by atoms with E-state index in [1.165, 1.54) is 0 Å². The lowest BCUT2D eigenvalue weighted by Gasteiger charge is -2.42. The Hall–Kier alpha value is -2.59. The molecule has 0 saturated carbocycles. The summed E-state index contributed by atoms with van der Waals surface area (Å²) in [5, 5.41) is 9.78. The monoisotopic (exact) mass is 503 g/mol. The Morgan fingerprint density at radius 2 is 1.67 bits per heavy atom. The summed E-state index contributed by atoms with van der Waals surface area (Å²) in [6.45, 7) is 8.18. The van der Waals surface area contributed by atoms with Crippen molar-refractivity contribution in [2.45, 2.75) is 65.8 Å². The molecule has 0 aliphatic heterocycles. The van der Waals surface area contributed by atoms with Crippen molar-refractivity contribution in [3.63, 3.8) is 0 Å². The van der Waals surface area contributed by atoms with Crippen molar-refractivity contribution in [2.75, 3.05) is 6.54 Å². The van der Waals surface area contributed by atoms with Crippen molar-refractivity contribution >= 4 is 23.7 Å². The van der Waals surface area contributed by atoms with E-state index in [2.05, 4.69) is 5.43 Å². The number of hydrogen-bond acceptors (Lipinski definition) is 7. The summed E-state index contributed by atoms with van der Waals surface area (Å²) in [6, 6.07) is 8.48. The second-order valence-electron chi connectivity index (χ2n) is 10.3. The summed E-state index contributed by atoms with van der Waals surface area (Å²) in [5.41, 5.74) is 15.3. The van der Waals surface area contributed by atoms with Gasteiger partial charge in [-0.15, -0.1) is 0 Å². The summed E-state index contributed by atoms with van der Waals surface area (Å²) >= 11 is 0. The number of Topliss-reactive ketones (excluding diaryl/α,β-unsaturated/α-hetero) is 1. The van der Waals surface area contributed by atoms with Crippen LogP contribution in [0.15, 0.2) is 36.4 Å². The Bertz CT molecular complexity index is 859. The summed E-state index contributed by atoms with van der Waals surface area (Å²) in [5.74, 6) is 1.49. The first-order valence-electron chi connectivity index (χ1n) is 12.7. The van der Waals surface area contributed by atoms with Crippen LogP contribution in [0.3, 0.4) is 0 Å². The van der Waals surface area contributed by atoms with Gasteiger partial charge in [0.2, 0.25) is 11.8 Å². The van der Waals surface area contributed by atoms with Gasteiger partial charge in [-0.05, 0) is 49.6 Å². The highest BCUT2D eigenvalue weighted by Crippen LogP contribution is 2.45. The van der Waals surface area contributed by atoms with Crippen LogP contribution in [0.5, 0.6) is 0 Å². The number of hydroxylamine groups is 1. The van der Waals surface area contributed by atoms with Crippen molar-refractivity contribution in [2.24, 2.45) is 46.4 Å². The minimum absolute atomic E-state index is 0.00414. The molecule has 0 radical (unpaired) electrons. The van der Waals surface area contributed by atoms with Crippen LogP contribution in [-0.4, -0.2) is 35.4 Å². The molecule has 0 aliphatic carbocycles. The smallest absolute Gasteiger partial charge is 0.248 e. The summed E-state index contributed by atoms with van der Waals surface area (Å²) in [4.78, 5) is 40.6. The van der Waals surface area contributed by atoms with E-state index < -0.39 is 35.1 Å². The lowest BCUT2D eigenvalue weighted by molar-refractivity contribution is -0.151.